The molecule has 7 heteroatoms. The Morgan fingerprint density at radius 1 is 1.53 bits per heavy atom. The molecule has 2 N–H and O–H groups in total. The van der Waals surface area contributed by atoms with Crippen molar-refractivity contribution in [1.82, 2.24) is 10.6 Å². The van der Waals surface area contributed by atoms with Crippen LogP contribution in [-0.2, 0) is 17.3 Å². The molecule has 1 heterocycles. The van der Waals surface area contributed by atoms with E-state index in [1.54, 1.807) is 19.6 Å². The van der Waals surface area contributed by atoms with Crippen molar-refractivity contribution in [2.45, 2.75) is 24.1 Å². The van der Waals surface area contributed by atoms with Crippen molar-refractivity contribution in [1.29, 1.82) is 0 Å². The monoisotopic (exact) mass is 397 g/mol. The lowest BCUT2D eigenvalue weighted by atomic mass is 10.4. The van der Waals surface area contributed by atoms with Crippen LogP contribution in [0.5, 0.6) is 0 Å². The van der Waals surface area contributed by atoms with Crippen LogP contribution in [0.25, 0.3) is 0 Å². The van der Waals surface area contributed by atoms with Gasteiger partial charge in [0.2, 0.25) is 0 Å². The van der Waals surface area contributed by atoms with E-state index in [1.165, 1.54) is 0 Å². The Labute approximate surface area is 133 Å². The molecule has 1 aromatic heterocycles. The predicted molar refractivity (Wildman–Crippen MR) is 88.4 cm³/mol. The molecule has 1 fully saturated rings. The highest BCUT2D eigenvalue weighted by Crippen LogP contribution is 2.40. The van der Waals surface area contributed by atoms with Crippen LogP contribution in [0.15, 0.2) is 27.8 Å². The Hall–Kier alpha value is -0.570. The molecule has 0 amide bonds. The zero-order valence-corrected chi connectivity index (χ0v) is 14.3. The van der Waals surface area contributed by atoms with Gasteiger partial charge in [-0.05, 0) is 25.0 Å². The Morgan fingerprint density at radius 2 is 2.26 bits per heavy atom. The fraction of sp³-hybridized carbons (Fsp3) is 0.583. The molecule has 108 valence electrons. The quantitative estimate of drug-likeness (QED) is 0.449. The van der Waals surface area contributed by atoms with Gasteiger partial charge in [0.25, 0.3) is 0 Å². The summed E-state index contributed by atoms with van der Waals surface area (Å²) in [4.78, 5) is 4.13. The Morgan fingerprint density at radius 3 is 2.74 bits per heavy atom. The van der Waals surface area contributed by atoms with Crippen LogP contribution in [-0.4, -0.2) is 34.8 Å². The van der Waals surface area contributed by atoms with E-state index in [4.69, 9.17) is 4.42 Å². The molecule has 0 saturated heterocycles. The predicted octanol–water partition coefficient (Wildman–Crippen LogP) is 1.47. The largest absolute Gasteiger partial charge is 0.467 e. The third-order valence-corrected chi connectivity index (χ3v) is 5.00. The Bertz CT molecular complexity index is 444. The van der Waals surface area contributed by atoms with E-state index in [9.17, 15) is 4.21 Å². The van der Waals surface area contributed by atoms with E-state index >= 15 is 0 Å². The summed E-state index contributed by atoms with van der Waals surface area (Å²) in [5.41, 5.74) is 0. The zero-order chi connectivity index (χ0) is 13.0. The van der Waals surface area contributed by atoms with Gasteiger partial charge in [0, 0.05) is 30.6 Å². The minimum absolute atomic E-state index is 0. The van der Waals surface area contributed by atoms with Crippen molar-refractivity contribution in [3.8, 4) is 0 Å². The molecule has 1 aliphatic carbocycles. The van der Waals surface area contributed by atoms with E-state index in [1.807, 2.05) is 12.1 Å². The van der Waals surface area contributed by atoms with Crippen LogP contribution in [0.2, 0.25) is 0 Å². The van der Waals surface area contributed by atoms with E-state index in [0.29, 0.717) is 19.0 Å². The van der Waals surface area contributed by atoms with Gasteiger partial charge in [0.05, 0.1) is 17.6 Å². The smallest absolute Gasteiger partial charge is 0.191 e. The number of aliphatic imine (C=N–C) groups is 1. The first-order valence-corrected chi connectivity index (χ1v) is 7.52. The first-order valence-electron chi connectivity index (χ1n) is 5.97. The van der Waals surface area contributed by atoms with Gasteiger partial charge in [0.1, 0.15) is 5.76 Å². The minimum Gasteiger partial charge on any atom is -0.467 e. The first-order chi connectivity index (χ1) is 8.66. The summed E-state index contributed by atoms with van der Waals surface area (Å²) in [6, 6.07) is 3.76. The SMILES string of the molecule is CN=C(NCc1ccco1)NCC1(S(C)=O)CC1.I. The maximum Gasteiger partial charge on any atom is 0.191 e. The molecule has 0 bridgehead atoms. The fourth-order valence-electron chi connectivity index (χ4n) is 1.75. The van der Waals surface area contributed by atoms with Crippen molar-refractivity contribution in [3.63, 3.8) is 0 Å². The van der Waals surface area contributed by atoms with E-state index in [2.05, 4.69) is 15.6 Å². The number of rotatable bonds is 5. The number of hydrogen-bond acceptors (Lipinski definition) is 3. The van der Waals surface area contributed by atoms with Crippen molar-refractivity contribution in [2.24, 2.45) is 4.99 Å². The van der Waals surface area contributed by atoms with Crippen LogP contribution in [0, 0.1) is 0 Å². The average molecular weight is 397 g/mol. The van der Waals surface area contributed by atoms with E-state index in [-0.39, 0.29) is 28.7 Å². The van der Waals surface area contributed by atoms with Crippen LogP contribution in [0.1, 0.15) is 18.6 Å². The zero-order valence-electron chi connectivity index (χ0n) is 11.1. The van der Waals surface area contributed by atoms with Gasteiger partial charge in [-0.25, -0.2) is 0 Å². The molecule has 2 rings (SSSR count). The summed E-state index contributed by atoms with van der Waals surface area (Å²) in [6.07, 6.45) is 5.47. The molecule has 1 saturated carbocycles. The molecule has 5 nitrogen and oxygen atoms in total. The van der Waals surface area contributed by atoms with E-state index < -0.39 is 10.8 Å². The lowest BCUT2D eigenvalue weighted by molar-refractivity contribution is 0.501. The normalized spacial score (nSPS) is 18.3. The maximum absolute atomic E-state index is 11.6. The number of halogens is 1. The minimum atomic E-state index is -0.780. The summed E-state index contributed by atoms with van der Waals surface area (Å²) in [7, 11) is 0.942. The summed E-state index contributed by atoms with van der Waals surface area (Å²) in [6.45, 7) is 1.29. The van der Waals surface area contributed by atoms with E-state index in [0.717, 1.165) is 18.6 Å². The van der Waals surface area contributed by atoms with Crippen molar-refractivity contribution < 1.29 is 8.63 Å². The summed E-state index contributed by atoms with van der Waals surface area (Å²) >= 11 is 0. The number of nitrogens with one attached hydrogen (secondary N) is 2. The molecular weight excluding hydrogens is 377 g/mol. The molecule has 1 aliphatic rings. The lowest BCUT2D eigenvalue weighted by Gasteiger charge is -2.16. The Kier molecular flexibility index (Phi) is 6.31. The molecule has 0 aliphatic heterocycles. The molecule has 0 aromatic carbocycles. The van der Waals surface area contributed by atoms with Gasteiger partial charge in [-0.2, -0.15) is 0 Å². The molecule has 0 spiro atoms. The van der Waals surface area contributed by atoms with Crippen molar-refractivity contribution in [2.75, 3.05) is 19.8 Å². The second-order valence-electron chi connectivity index (χ2n) is 4.50. The third kappa shape index (κ3) is 4.48. The van der Waals surface area contributed by atoms with Crippen molar-refractivity contribution >= 4 is 40.7 Å². The molecule has 1 aromatic rings. The van der Waals surface area contributed by atoms with Gasteiger partial charge in [0.15, 0.2) is 5.96 Å². The standard InChI is InChI=1S/C12H19N3O2S.HI/c1-13-11(14-8-10-4-3-7-17-10)15-9-12(5-6-12)18(2)16;/h3-4,7H,5-6,8-9H2,1-2H3,(H2,13,14,15);1H. The van der Waals surface area contributed by atoms with Crippen LogP contribution in [0.4, 0.5) is 0 Å². The van der Waals surface area contributed by atoms with Crippen LogP contribution in [0.3, 0.4) is 0 Å². The fourth-order valence-corrected chi connectivity index (χ4v) is 2.71. The third-order valence-electron chi connectivity index (χ3n) is 3.23. The van der Waals surface area contributed by atoms with Gasteiger partial charge in [-0.1, -0.05) is 0 Å². The number of guanidine groups is 1. The Balaban J connectivity index is 0.00000180. The second kappa shape index (κ2) is 7.28. The highest BCUT2D eigenvalue weighted by Gasteiger charge is 2.46. The van der Waals surface area contributed by atoms with Crippen LogP contribution < -0.4 is 10.6 Å². The molecule has 1 unspecified atom stereocenters. The van der Waals surface area contributed by atoms with Gasteiger partial charge in [-0.15, -0.1) is 24.0 Å². The first kappa shape index (κ1) is 16.5. The topological polar surface area (TPSA) is 66.6 Å². The summed E-state index contributed by atoms with van der Waals surface area (Å²) < 4.78 is 16.8. The molecular formula is C12H20IN3O2S. The highest BCUT2D eigenvalue weighted by atomic mass is 127. The number of hydrogen-bond donors (Lipinski definition) is 2. The highest BCUT2D eigenvalue weighted by molar-refractivity contribution is 14.0. The van der Waals surface area contributed by atoms with Gasteiger partial charge in [-0.3, -0.25) is 9.20 Å². The summed E-state index contributed by atoms with van der Waals surface area (Å²) in [5, 5.41) is 6.38. The molecule has 0 radical (unpaired) electrons. The summed E-state index contributed by atoms with van der Waals surface area (Å²) in [5.74, 6) is 1.57. The second-order valence-corrected chi connectivity index (χ2v) is 6.27. The number of nitrogens with zero attached hydrogens (tertiary/aromatic N) is 1. The van der Waals surface area contributed by atoms with Gasteiger partial charge < -0.3 is 15.1 Å². The van der Waals surface area contributed by atoms with Crippen molar-refractivity contribution in [3.05, 3.63) is 24.2 Å². The van der Waals surface area contributed by atoms with Crippen LogP contribution >= 0.6 is 24.0 Å². The number of furan rings is 1. The molecule has 19 heavy (non-hydrogen) atoms. The van der Waals surface area contributed by atoms with Gasteiger partial charge >= 0.3 is 0 Å². The molecule has 1 atom stereocenters. The average Bonchev–Trinajstić information content (AvgIpc) is 2.98. The maximum atomic E-state index is 11.6. The lowest BCUT2D eigenvalue weighted by Crippen LogP contribution is -2.42.